The predicted molar refractivity (Wildman–Crippen MR) is 91.1 cm³/mol. The summed E-state index contributed by atoms with van der Waals surface area (Å²) in [6.07, 6.45) is 8.23. The van der Waals surface area contributed by atoms with E-state index in [1.54, 1.807) is 12.1 Å². The Bertz CT molecular complexity index is 818. The summed E-state index contributed by atoms with van der Waals surface area (Å²) >= 11 is 0. The van der Waals surface area contributed by atoms with Crippen LogP contribution in [0.5, 0.6) is 0 Å². The fourth-order valence-electron chi connectivity index (χ4n) is 3.41. The topological polar surface area (TPSA) is 29.3 Å². The maximum absolute atomic E-state index is 13.6. The maximum Gasteiger partial charge on any atom is 0.139 e. The summed E-state index contributed by atoms with van der Waals surface area (Å²) in [6, 6.07) is 13.1. The van der Waals surface area contributed by atoms with Gasteiger partial charge in [-0.3, -0.25) is 4.40 Å². The van der Waals surface area contributed by atoms with Crippen molar-refractivity contribution in [3.8, 4) is 11.3 Å². The van der Waals surface area contributed by atoms with Crippen molar-refractivity contribution in [2.24, 2.45) is 0 Å². The fourth-order valence-corrected chi connectivity index (χ4v) is 3.41. The van der Waals surface area contributed by atoms with Crippen molar-refractivity contribution in [3.63, 3.8) is 0 Å². The first-order valence-electron chi connectivity index (χ1n) is 8.31. The Kier molecular flexibility index (Phi) is 3.74. The molecule has 4 rings (SSSR count). The number of hydrogen-bond acceptors (Lipinski definition) is 2. The highest BCUT2D eigenvalue weighted by molar-refractivity contribution is 5.76. The molecule has 0 atom stereocenters. The van der Waals surface area contributed by atoms with Gasteiger partial charge in [0.25, 0.3) is 0 Å². The Morgan fingerprint density at radius 1 is 1.04 bits per heavy atom. The zero-order valence-corrected chi connectivity index (χ0v) is 13.0. The minimum atomic E-state index is -0.233. The van der Waals surface area contributed by atoms with Gasteiger partial charge >= 0.3 is 0 Å². The highest BCUT2D eigenvalue weighted by atomic mass is 19.1. The Labute approximate surface area is 135 Å². The molecule has 4 heteroatoms. The van der Waals surface area contributed by atoms with Crippen molar-refractivity contribution in [2.45, 2.75) is 38.1 Å². The molecule has 23 heavy (non-hydrogen) atoms. The summed E-state index contributed by atoms with van der Waals surface area (Å²) < 4.78 is 15.7. The van der Waals surface area contributed by atoms with Gasteiger partial charge in [-0.05, 0) is 37.1 Å². The summed E-state index contributed by atoms with van der Waals surface area (Å²) in [5, 5.41) is 3.67. The lowest BCUT2D eigenvalue weighted by Crippen LogP contribution is -2.23. The van der Waals surface area contributed by atoms with Crippen molar-refractivity contribution in [1.82, 2.24) is 9.38 Å². The van der Waals surface area contributed by atoms with Crippen LogP contribution >= 0.6 is 0 Å². The summed E-state index contributed by atoms with van der Waals surface area (Å²) in [5.74, 6) is 0.737. The molecule has 1 aliphatic rings. The number of aromatic nitrogens is 2. The lowest BCUT2D eigenvalue weighted by molar-refractivity contribution is 0.462. The molecule has 3 nitrogen and oxygen atoms in total. The SMILES string of the molecule is Fc1cccc(-c2nc3ccccn3c2NC2CCCCC2)c1. The van der Waals surface area contributed by atoms with Crippen molar-refractivity contribution < 1.29 is 4.39 Å². The molecule has 0 aliphatic heterocycles. The van der Waals surface area contributed by atoms with E-state index in [1.165, 1.54) is 38.2 Å². The summed E-state index contributed by atoms with van der Waals surface area (Å²) in [5.41, 5.74) is 2.51. The molecule has 0 radical (unpaired) electrons. The van der Waals surface area contributed by atoms with E-state index in [1.807, 2.05) is 30.5 Å². The van der Waals surface area contributed by atoms with Crippen LogP contribution in [0.1, 0.15) is 32.1 Å². The number of imidazole rings is 1. The highest BCUT2D eigenvalue weighted by Gasteiger charge is 2.19. The van der Waals surface area contributed by atoms with Gasteiger partial charge in [-0.25, -0.2) is 9.37 Å². The van der Waals surface area contributed by atoms with Crippen LogP contribution in [0.4, 0.5) is 10.2 Å². The van der Waals surface area contributed by atoms with E-state index < -0.39 is 0 Å². The van der Waals surface area contributed by atoms with Crippen LogP contribution in [0.2, 0.25) is 0 Å². The molecule has 0 saturated heterocycles. The molecule has 1 aliphatic carbocycles. The molecule has 2 aromatic heterocycles. The van der Waals surface area contributed by atoms with Gasteiger partial charge in [0.15, 0.2) is 0 Å². The monoisotopic (exact) mass is 309 g/mol. The Morgan fingerprint density at radius 3 is 2.74 bits per heavy atom. The smallest absolute Gasteiger partial charge is 0.139 e. The van der Waals surface area contributed by atoms with E-state index in [0.717, 1.165) is 22.7 Å². The number of benzene rings is 1. The van der Waals surface area contributed by atoms with Gasteiger partial charge in [0, 0.05) is 17.8 Å². The molecule has 0 amide bonds. The Morgan fingerprint density at radius 2 is 1.91 bits per heavy atom. The van der Waals surface area contributed by atoms with Gasteiger partial charge in [-0.1, -0.05) is 37.5 Å². The second-order valence-electron chi connectivity index (χ2n) is 6.23. The van der Waals surface area contributed by atoms with Crippen LogP contribution in [0.3, 0.4) is 0 Å². The quantitative estimate of drug-likeness (QED) is 0.746. The Hall–Kier alpha value is -2.36. The highest BCUT2D eigenvalue weighted by Crippen LogP contribution is 2.31. The third kappa shape index (κ3) is 2.81. The van der Waals surface area contributed by atoms with E-state index in [2.05, 4.69) is 9.72 Å². The van der Waals surface area contributed by atoms with Gasteiger partial charge < -0.3 is 5.32 Å². The normalized spacial score (nSPS) is 15.9. The van der Waals surface area contributed by atoms with Crippen LogP contribution in [-0.2, 0) is 0 Å². The average molecular weight is 309 g/mol. The molecule has 1 fully saturated rings. The predicted octanol–water partition coefficient (Wildman–Crippen LogP) is 4.89. The van der Waals surface area contributed by atoms with Crippen molar-refractivity contribution in [1.29, 1.82) is 0 Å². The van der Waals surface area contributed by atoms with Crippen LogP contribution in [0.15, 0.2) is 48.7 Å². The average Bonchev–Trinajstić information content (AvgIpc) is 2.95. The zero-order chi connectivity index (χ0) is 15.6. The lowest BCUT2D eigenvalue weighted by atomic mass is 9.95. The molecule has 0 spiro atoms. The van der Waals surface area contributed by atoms with E-state index >= 15 is 0 Å². The number of pyridine rings is 1. The van der Waals surface area contributed by atoms with Crippen molar-refractivity contribution in [2.75, 3.05) is 5.32 Å². The third-order valence-corrected chi connectivity index (χ3v) is 4.57. The molecular formula is C19H20FN3. The van der Waals surface area contributed by atoms with Gasteiger partial charge in [0.05, 0.1) is 0 Å². The first kappa shape index (κ1) is 14.2. The molecule has 1 saturated carbocycles. The molecule has 0 bridgehead atoms. The number of hydrogen-bond donors (Lipinski definition) is 1. The van der Waals surface area contributed by atoms with Crippen LogP contribution in [0, 0.1) is 5.82 Å². The van der Waals surface area contributed by atoms with Gasteiger partial charge in [-0.15, -0.1) is 0 Å². The van der Waals surface area contributed by atoms with Crippen molar-refractivity contribution in [3.05, 3.63) is 54.5 Å². The summed E-state index contributed by atoms with van der Waals surface area (Å²) in [6.45, 7) is 0. The molecule has 118 valence electrons. The molecule has 0 unspecified atom stereocenters. The van der Waals surface area contributed by atoms with E-state index in [0.29, 0.717) is 6.04 Å². The molecular weight excluding hydrogens is 289 g/mol. The van der Waals surface area contributed by atoms with Crippen LogP contribution in [-0.4, -0.2) is 15.4 Å². The number of nitrogens with one attached hydrogen (secondary N) is 1. The zero-order valence-electron chi connectivity index (χ0n) is 13.0. The van der Waals surface area contributed by atoms with E-state index in [-0.39, 0.29) is 5.82 Å². The standard InChI is InChI=1S/C19H20FN3/c20-15-8-6-7-14(13-15)18-19(21-16-9-2-1-3-10-16)23-12-5-4-11-17(23)22-18/h4-8,11-13,16,21H,1-3,9-10H2. The second kappa shape index (κ2) is 6.03. The maximum atomic E-state index is 13.6. The Balaban J connectivity index is 1.80. The van der Waals surface area contributed by atoms with E-state index in [9.17, 15) is 4.39 Å². The largest absolute Gasteiger partial charge is 0.367 e. The first-order valence-corrected chi connectivity index (χ1v) is 8.31. The van der Waals surface area contributed by atoms with Gasteiger partial charge in [-0.2, -0.15) is 0 Å². The van der Waals surface area contributed by atoms with Gasteiger partial charge in [0.1, 0.15) is 23.0 Å². The number of halogens is 1. The molecule has 1 N–H and O–H groups in total. The summed E-state index contributed by atoms with van der Waals surface area (Å²) in [4.78, 5) is 4.72. The fraction of sp³-hybridized carbons (Fsp3) is 0.316. The van der Waals surface area contributed by atoms with E-state index in [4.69, 9.17) is 4.98 Å². The number of fused-ring (bicyclic) bond motifs is 1. The minimum Gasteiger partial charge on any atom is -0.367 e. The number of rotatable bonds is 3. The third-order valence-electron chi connectivity index (χ3n) is 4.57. The van der Waals surface area contributed by atoms with Gasteiger partial charge in [0.2, 0.25) is 0 Å². The molecule has 3 aromatic rings. The van der Waals surface area contributed by atoms with Crippen molar-refractivity contribution >= 4 is 11.5 Å². The van der Waals surface area contributed by atoms with Crippen LogP contribution in [0.25, 0.3) is 16.9 Å². The molecule has 2 heterocycles. The second-order valence-corrected chi connectivity index (χ2v) is 6.23. The number of anilines is 1. The summed E-state index contributed by atoms with van der Waals surface area (Å²) in [7, 11) is 0. The lowest BCUT2D eigenvalue weighted by Gasteiger charge is -2.24. The first-order chi connectivity index (χ1) is 11.3. The minimum absolute atomic E-state index is 0.233. The molecule has 1 aromatic carbocycles. The number of nitrogens with zero attached hydrogens (tertiary/aromatic N) is 2. The van der Waals surface area contributed by atoms with Crippen LogP contribution < -0.4 is 5.32 Å².